The fraction of sp³-hybridized carbons (Fsp3) is 0.333. The van der Waals surface area contributed by atoms with E-state index in [9.17, 15) is 4.79 Å². The molecule has 2 aliphatic rings. The number of carbonyl (C=O) groups is 1. The lowest BCUT2D eigenvalue weighted by Gasteiger charge is -2.33. The molecule has 0 aliphatic carbocycles. The molecule has 1 atom stereocenters. The maximum Gasteiger partial charge on any atom is 0.333 e. The second-order valence-corrected chi connectivity index (χ2v) is 3.55. The summed E-state index contributed by atoms with van der Waals surface area (Å²) in [5.41, 5.74) is 6.80. The van der Waals surface area contributed by atoms with Crippen molar-refractivity contribution in [2.75, 3.05) is 7.05 Å². The summed E-state index contributed by atoms with van der Waals surface area (Å²) in [5, 5.41) is 11.7. The van der Waals surface area contributed by atoms with Crippen LogP contribution in [0.15, 0.2) is 28.5 Å². The van der Waals surface area contributed by atoms with Crippen LogP contribution in [-0.4, -0.2) is 35.1 Å². The van der Waals surface area contributed by atoms with Crippen LogP contribution in [0.2, 0.25) is 0 Å². The highest BCUT2D eigenvalue weighted by Crippen LogP contribution is 2.26. The van der Waals surface area contributed by atoms with Crippen molar-refractivity contribution in [2.24, 2.45) is 10.7 Å². The molecular formula is C9H12N4O2. The minimum absolute atomic E-state index is 0.172. The summed E-state index contributed by atoms with van der Waals surface area (Å²) < 4.78 is 0. The predicted octanol–water partition coefficient (Wildman–Crippen LogP) is -0.582. The average Bonchev–Trinajstić information content (AvgIpc) is 2.18. The first-order valence-corrected chi connectivity index (χ1v) is 4.52. The molecule has 0 spiro atoms. The highest BCUT2D eigenvalue weighted by molar-refractivity contribution is 5.88. The molecule has 2 heterocycles. The van der Waals surface area contributed by atoms with E-state index >= 15 is 0 Å². The first kappa shape index (κ1) is 9.57. The zero-order valence-electron chi connectivity index (χ0n) is 8.27. The van der Waals surface area contributed by atoms with Crippen LogP contribution < -0.4 is 11.1 Å². The zero-order chi connectivity index (χ0) is 11.0. The Bertz CT molecular complexity index is 397. The van der Waals surface area contributed by atoms with E-state index in [1.807, 2.05) is 0 Å². The molecule has 0 bridgehead atoms. The number of carboxylic acids is 1. The third-order valence-corrected chi connectivity index (χ3v) is 2.41. The van der Waals surface area contributed by atoms with E-state index in [-0.39, 0.29) is 6.17 Å². The van der Waals surface area contributed by atoms with Gasteiger partial charge in [-0.25, -0.2) is 9.79 Å². The van der Waals surface area contributed by atoms with Crippen molar-refractivity contribution in [3.63, 3.8) is 0 Å². The number of hydrogen-bond acceptors (Lipinski definition) is 5. The van der Waals surface area contributed by atoms with Gasteiger partial charge in [0.05, 0.1) is 5.57 Å². The quantitative estimate of drug-likeness (QED) is 0.536. The van der Waals surface area contributed by atoms with Gasteiger partial charge >= 0.3 is 5.97 Å². The fourth-order valence-electron chi connectivity index (χ4n) is 1.70. The number of nitrogens with one attached hydrogen (secondary N) is 1. The summed E-state index contributed by atoms with van der Waals surface area (Å²) in [6.45, 7) is 0. The van der Waals surface area contributed by atoms with Crippen LogP contribution in [0.4, 0.5) is 0 Å². The van der Waals surface area contributed by atoms with Crippen molar-refractivity contribution >= 4 is 11.9 Å². The van der Waals surface area contributed by atoms with E-state index < -0.39 is 5.97 Å². The van der Waals surface area contributed by atoms with Crippen LogP contribution in [0, 0.1) is 0 Å². The van der Waals surface area contributed by atoms with Gasteiger partial charge in [0.2, 0.25) is 0 Å². The summed E-state index contributed by atoms with van der Waals surface area (Å²) in [5.74, 6) is -0.550. The third kappa shape index (κ3) is 1.65. The van der Waals surface area contributed by atoms with Gasteiger partial charge < -0.3 is 21.1 Å². The standard InChI is InChI=1S/C9H12N4O2/c1-13-4-6(8(14)15)2-5-3-11-9(10)12-7(5)13/h3-4,7H,2H2,1H3,(H,14,15)(H3,10,11,12). The molecule has 2 aliphatic heterocycles. The second kappa shape index (κ2) is 3.30. The van der Waals surface area contributed by atoms with E-state index in [4.69, 9.17) is 10.8 Å². The van der Waals surface area contributed by atoms with Crippen LogP contribution in [0.25, 0.3) is 0 Å². The van der Waals surface area contributed by atoms with Crippen molar-refractivity contribution in [3.05, 3.63) is 23.5 Å². The van der Waals surface area contributed by atoms with Crippen molar-refractivity contribution in [2.45, 2.75) is 12.6 Å². The average molecular weight is 208 g/mol. The second-order valence-electron chi connectivity index (χ2n) is 3.55. The van der Waals surface area contributed by atoms with Gasteiger partial charge in [0.15, 0.2) is 5.96 Å². The Labute approximate surface area is 86.8 Å². The summed E-state index contributed by atoms with van der Waals surface area (Å²) in [7, 11) is 1.78. The van der Waals surface area contributed by atoms with E-state index in [1.54, 1.807) is 24.3 Å². The van der Waals surface area contributed by atoms with Gasteiger partial charge in [-0.15, -0.1) is 0 Å². The van der Waals surface area contributed by atoms with Gasteiger partial charge in [-0.1, -0.05) is 0 Å². The minimum atomic E-state index is -0.899. The SMILES string of the molecule is CN1C=C(C(=O)O)CC2=CNC(N)=NC21. The maximum absolute atomic E-state index is 10.8. The van der Waals surface area contributed by atoms with Crippen molar-refractivity contribution in [1.29, 1.82) is 0 Å². The number of fused-ring (bicyclic) bond motifs is 1. The summed E-state index contributed by atoms with van der Waals surface area (Å²) >= 11 is 0. The van der Waals surface area contributed by atoms with Crippen LogP contribution in [-0.2, 0) is 4.79 Å². The molecule has 0 aromatic heterocycles. The number of nitrogens with two attached hydrogens (primary N) is 1. The Morgan fingerprint density at radius 2 is 2.53 bits per heavy atom. The monoisotopic (exact) mass is 208 g/mol. The lowest BCUT2D eigenvalue weighted by molar-refractivity contribution is -0.132. The number of hydrogen-bond donors (Lipinski definition) is 3. The molecule has 0 saturated carbocycles. The predicted molar refractivity (Wildman–Crippen MR) is 54.7 cm³/mol. The Kier molecular flexibility index (Phi) is 2.11. The molecule has 2 rings (SSSR count). The van der Waals surface area contributed by atoms with Crippen molar-refractivity contribution in [1.82, 2.24) is 10.2 Å². The maximum atomic E-state index is 10.8. The third-order valence-electron chi connectivity index (χ3n) is 2.41. The Morgan fingerprint density at radius 3 is 3.20 bits per heavy atom. The molecule has 0 fully saturated rings. The molecule has 0 amide bonds. The minimum Gasteiger partial charge on any atom is -0.478 e. The van der Waals surface area contributed by atoms with E-state index in [0.29, 0.717) is 18.0 Å². The van der Waals surface area contributed by atoms with Gasteiger partial charge in [-0.2, -0.15) is 0 Å². The van der Waals surface area contributed by atoms with Crippen LogP contribution >= 0.6 is 0 Å². The molecule has 4 N–H and O–H groups in total. The van der Waals surface area contributed by atoms with Gasteiger partial charge in [-0.3, -0.25) is 0 Å². The van der Waals surface area contributed by atoms with Gasteiger partial charge in [-0.05, 0) is 5.57 Å². The molecular weight excluding hydrogens is 196 g/mol. The smallest absolute Gasteiger partial charge is 0.333 e. The number of likely N-dealkylation sites (N-methyl/N-ethyl adjacent to an activating group) is 1. The molecule has 0 aromatic carbocycles. The fourth-order valence-corrected chi connectivity index (χ4v) is 1.70. The van der Waals surface area contributed by atoms with E-state index in [0.717, 1.165) is 5.57 Å². The molecule has 6 heteroatoms. The highest BCUT2D eigenvalue weighted by Gasteiger charge is 2.28. The summed E-state index contributed by atoms with van der Waals surface area (Å²) in [4.78, 5) is 16.8. The zero-order valence-corrected chi connectivity index (χ0v) is 8.27. The molecule has 6 nitrogen and oxygen atoms in total. The number of guanidine groups is 1. The van der Waals surface area contributed by atoms with Crippen LogP contribution in [0.1, 0.15) is 6.42 Å². The summed E-state index contributed by atoms with van der Waals surface area (Å²) in [6.07, 6.45) is 3.54. The molecule has 0 radical (unpaired) electrons. The Morgan fingerprint density at radius 1 is 1.80 bits per heavy atom. The normalized spacial score (nSPS) is 24.5. The number of aliphatic imine (C=N–C) groups is 1. The Hall–Kier alpha value is -1.98. The van der Waals surface area contributed by atoms with Crippen LogP contribution in [0.5, 0.6) is 0 Å². The molecule has 0 aromatic rings. The van der Waals surface area contributed by atoms with Crippen molar-refractivity contribution in [3.8, 4) is 0 Å². The summed E-state index contributed by atoms with van der Waals surface area (Å²) in [6, 6.07) is 0. The highest BCUT2D eigenvalue weighted by atomic mass is 16.4. The number of rotatable bonds is 1. The van der Waals surface area contributed by atoms with E-state index in [2.05, 4.69) is 10.3 Å². The Balaban J connectivity index is 2.31. The first-order valence-electron chi connectivity index (χ1n) is 4.52. The number of carboxylic acid groups (broad SMARTS) is 1. The number of aliphatic carboxylic acids is 1. The lowest BCUT2D eigenvalue weighted by Crippen LogP contribution is -2.41. The molecule has 15 heavy (non-hydrogen) atoms. The molecule has 0 saturated heterocycles. The number of nitrogens with zero attached hydrogens (tertiary/aromatic N) is 2. The topological polar surface area (TPSA) is 91.0 Å². The van der Waals surface area contributed by atoms with Crippen molar-refractivity contribution < 1.29 is 9.90 Å². The molecule has 1 unspecified atom stereocenters. The first-order chi connectivity index (χ1) is 7.08. The van der Waals surface area contributed by atoms with Crippen LogP contribution in [0.3, 0.4) is 0 Å². The largest absolute Gasteiger partial charge is 0.478 e. The van der Waals surface area contributed by atoms with Gasteiger partial charge in [0.1, 0.15) is 6.17 Å². The van der Waals surface area contributed by atoms with E-state index in [1.165, 1.54) is 0 Å². The molecule has 80 valence electrons. The van der Waals surface area contributed by atoms with Gasteiger partial charge in [0.25, 0.3) is 0 Å². The van der Waals surface area contributed by atoms with Gasteiger partial charge in [0, 0.05) is 25.9 Å². The lowest BCUT2D eigenvalue weighted by atomic mass is 9.99.